The monoisotopic (exact) mass is 171 g/mol. The van der Waals surface area contributed by atoms with E-state index in [-0.39, 0.29) is 6.10 Å². The molecule has 0 radical (unpaired) electrons. The van der Waals surface area contributed by atoms with Crippen LogP contribution < -0.4 is 0 Å². The van der Waals surface area contributed by atoms with E-state index in [2.05, 4.69) is 11.9 Å². The van der Waals surface area contributed by atoms with Gasteiger partial charge in [0.05, 0.1) is 12.2 Å². The quantitative estimate of drug-likeness (QED) is 0.613. The van der Waals surface area contributed by atoms with Crippen molar-refractivity contribution in [2.75, 3.05) is 14.2 Å². The number of methoxy groups -OCH3 is 1. The molecule has 2 saturated heterocycles. The van der Waals surface area contributed by atoms with Crippen molar-refractivity contribution in [2.24, 2.45) is 0 Å². The van der Waals surface area contributed by atoms with Gasteiger partial charge < -0.3 is 9.84 Å². The van der Waals surface area contributed by atoms with Crippen molar-refractivity contribution in [2.45, 2.75) is 43.6 Å². The molecule has 3 heteroatoms. The summed E-state index contributed by atoms with van der Waals surface area (Å²) < 4.78 is 5.39. The second-order valence-corrected chi connectivity index (χ2v) is 4.02. The van der Waals surface area contributed by atoms with Crippen LogP contribution in [0, 0.1) is 0 Å². The SMILES string of the molecule is CO[C@H]1C[C@H]2C[C@H](O)C[C@H]1N2C. The van der Waals surface area contributed by atoms with E-state index in [9.17, 15) is 5.11 Å². The highest BCUT2D eigenvalue weighted by molar-refractivity contribution is 4.99. The molecule has 2 heterocycles. The summed E-state index contributed by atoms with van der Waals surface area (Å²) in [5.74, 6) is 0. The molecule has 3 nitrogen and oxygen atoms in total. The molecule has 0 aromatic rings. The molecule has 1 N–H and O–H groups in total. The highest BCUT2D eigenvalue weighted by Gasteiger charge is 2.44. The number of piperidine rings is 1. The molecule has 2 rings (SSSR count). The van der Waals surface area contributed by atoms with Crippen molar-refractivity contribution >= 4 is 0 Å². The van der Waals surface area contributed by atoms with Crippen molar-refractivity contribution in [3.8, 4) is 0 Å². The Morgan fingerprint density at radius 2 is 2.08 bits per heavy atom. The lowest BCUT2D eigenvalue weighted by Crippen LogP contribution is -2.44. The summed E-state index contributed by atoms with van der Waals surface area (Å²) in [4.78, 5) is 2.36. The van der Waals surface area contributed by atoms with Gasteiger partial charge in [-0.2, -0.15) is 0 Å². The molecule has 0 amide bonds. The number of ether oxygens (including phenoxy) is 1. The molecule has 2 aliphatic heterocycles. The van der Waals surface area contributed by atoms with Gasteiger partial charge in [0.1, 0.15) is 0 Å². The first kappa shape index (κ1) is 8.48. The van der Waals surface area contributed by atoms with Crippen molar-refractivity contribution < 1.29 is 9.84 Å². The molecule has 0 spiro atoms. The average molecular weight is 171 g/mol. The molecular weight excluding hydrogens is 154 g/mol. The van der Waals surface area contributed by atoms with E-state index in [4.69, 9.17) is 4.74 Å². The molecule has 2 fully saturated rings. The standard InChI is InChI=1S/C9H17NO2/c1-10-6-3-7(11)5-8(10)9(4-6)12-2/h6-9,11H,3-5H2,1-2H3/t6-,7+,8-,9+/m1/s1. The zero-order valence-corrected chi connectivity index (χ0v) is 7.73. The highest BCUT2D eigenvalue weighted by atomic mass is 16.5. The summed E-state index contributed by atoms with van der Waals surface area (Å²) in [6.07, 6.45) is 3.14. The zero-order chi connectivity index (χ0) is 8.72. The summed E-state index contributed by atoms with van der Waals surface area (Å²) in [6.45, 7) is 0. The van der Waals surface area contributed by atoms with E-state index in [0.717, 1.165) is 19.3 Å². The number of aliphatic hydroxyl groups is 1. The Hall–Kier alpha value is -0.120. The van der Waals surface area contributed by atoms with Crippen LogP contribution in [0.1, 0.15) is 19.3 Å². The third-order valence-electron chi connectivity index (χ3n) is 3.39. The minimum absolute atomic E-state index is 0.101. The summed E-state index contributed by atoms with van der Waals surface area (Å²) in [5, 5.41) is 9.54. The van der Waals surface area contributed by atoms with Crippen LogP contribution in [0.5, 0.6) is 0 Å². The van der Waals surface area contributed by atoms with E-state index in [0.29, 0.717) is 18.2 Å². The second kappa shape index (κ2) is 2.98. The van der Waals surface area contributed by atoms with Gasteiger partial charge >= 0.3 is 0 Å². The van der Waals surface area contributed by atoms with Crippen LogP contribution in [0.15, 0.2) is 0 Å². The summed E-state index contributed by atoms with van der Waals surface area (Å²) in [5.41, 5.74) is 0. The fraction of sp³-hybridized carbons (Fsp3) is 1.00. The highest BCUT2D eigenvalue weighted by Crippen LogP contribution is 2.35. The number of fused-ring (bicyclic) bond motifs is 2. The van der Waals surface area contributed by atoms with Crippen molar-refractivity contribution in [1.82, 2.24) is 4.90 Å². The van der Waals surface area contributed by atoms with Gasteiger partial charge in [-0.05, 0) is 26.3 Å². The minimum Gasteiger partial charge on any atom is -0.393 e. The Morgan fingerprint density at radius 3 is 2.75 bits per heavy atom. The maximum Gasteiger partial charge on any atom is 0.0742 e. The van der Waals surface area contributed by atoms with Crippen molar-refractivity contribution in [3.63, 3.8) is 0 Å². The van der Waals surface area contributed by atoms with Crippen LogP contribution in [-0.4, -0.2) is 48.5 Å². The van der Waals surface area contributed by atoms with Crippen LogP contribution in [0.3, 0.4) is 0 Å². The van der Waals surface area contributed by atoms with E-state index < -0.39 is 0 Å². The van der Waals surface area contributed by atoms with E-state index >= 15 is 0 Å². The number of hydrogen-bond acceptors (Lipinski definition) is 3. The Balaban J connectivity index is 2.11. The fourth-order valence-corrected chi connectivity index (χ4v) is 2.65. The smallest absolute Gasteiger partial charge is 0.0742 e. The molecular formula is C9H17NO2. The van der Waals surface area contributed by atoms with Gasteiger partial charge in [0.25, 0.3) is 0 Å². The molecule has 2 bridgehead atoms. The third kappa shape index (κ3) is 1.16. The molecule has 0 aliphatic carbocycles. The number of likely N-dealkylation sites (N-methyl/N-ethyl adjacent to an activating group) is 1. The molecule has 12 heavy (non-hydrogen) atoms. The number of hydrogen-bond donors (Lipinski definition) is 1. The molecule has 2 aliphatic rings. The van der Waals surface area contributed by atoms with Crippen LogP contribution in [0.2, 0.25) is 0 Å². The maximum atomic E-state index is 9.54. The van der Waals surface area contributed by atoms with Gasteiger partial charge in [0.15, 0.2) is 0 Å². The molecule has 0 unspecified atom stereocenters. The van der Waals surface area contributed by atoms with Gasteiger partial charge in [0, 0.05) is 19.2 Å². The lowest BCUT2D eigenvalue weighted by atomic mass is 10.0. The Bertz CT molecular complexity index is 174. The van der Waals surface area contributed by atoms with Crippen LogP contribution in [0.25, 0.3) is 0 Å². The first-order valence-corrected chi connectivity index (χ1v) is 4.65. The molecule has 0 aromatic carbocycles. The van der Waals surface area contributed by atoms with E-state index in [1.54, 1.807) is 7.11 Å². The van der Waals surface area contributed by atoms with Gasteiger partial charge in [0.2, 0.25) is 0 Å². The van der Waals surface area contributed by atoms with Gasteiger partial charge in [-0.3, -0.25) is 4.90 Å². The Morgan fingerprint density at radius 1 is 1.33 bits per heavy atom. The first-order chi connectivity index (χ1) is 5.72. The number of nitrogens with zero attached hydrogens (tertiary/aromatic N) is 1. The van der Waals surface area contributed by atoms with Gasteiger partial charge in [-0.25, -0.2) is 0 Å². The van der Waals surface area contributed by atoms with Crippen LogP contribution in [-0.2, 0) is 4.74 Å². The molecule has 0 saturated carbocycles. The number of aliphatic hydroxyl groups excluding tert-OH is 1. The Kier molecular flexibility index (Phi) is 2.10. The lowest BCUT2D eigenvalue weighted by Gasteiger charge is -2.34. The summed E-state index contributed by atoms with van der Waals surface area (Å²) in [7, 11) is 3.91. The topological polar surface area (TPSA) is 32.7 Å². The van der Waals surface area contributed by atoms with Crippen LogP contribution in [0.4, 0.5) is 0 Å². The van der Waals surface area contributed by atoms with Crippen LogP contribution >= 0.6 is 0 Å². The van der Waals surface area contributed by atoms with E-state index in [1.165, 1.54) is 0 Å². The molecule has 70 valence electrons. The minimum atomic E-state index is -0.101. The maximum absolute atomic E-state index is 9.54. The largest absolute Gasteiger partial charge is 0.393 e. The lowest BCUT2D eigenvalue weighted by molar-refractivity contribution is 0.0151. The average Bonchev–Trinajstić information content (AvgIpc) is 2.27. The van der Waals surface area contributed by atoms with Crippen molar-refractivity contribution in [3.05, 3.63) is 0 Å². The van der Waals surface area contributed by atoms with Gasteiger partial charge in [-0.15, -0.1) is 0 Å². The molecule has 0 aromatic heterocycles. The predicted octanol–water partition coefficient (Wildman–Crippen LogP) is 0.229. The van der Waals surface area contributed by atoms with Crippen molar-refractivity contribution in [1.29, 1.82) is 0 Å². The number of rotatable bonds is 1. The summed E-state index contributed by atoms with van der Waals surface area (Å²) >= 11 is 0. The normalized spacial score (nSPS) is 48.2. The third-order valence-corrected chi connectivity index (χ3v) is 3.39. The van der Waals surface area contributed by atoms with E-state index in [1.807, 2.05) is 0 Å². The van der Waals surface area contributed by atoms with Gasteiger partial charge in [-0.1, -0.05) is 0 Å². The zero-order valence-electron chi connectivity index (χ0n) is 7.73. The Labute approximate surface area is 73.3 Å². The molecule has 4 atom stereocenters. The first-order valence-electron chi connectivity index (χ1n) is 4.65. The predicted molar refractivity (Wildman–Crippen MR) is 46.0 cm³/mol. The summed E-state index contributed by atoms with van der Waals surface area (Å²) in [6, 6.07) is 0.993. The fourth-order valence-electron chi connectivity index (χ4n) is 2.65. The second-order valence-electron chi connectivity index (χ2n) is 4.02.